The van der Waals surface area contributed by atoms with Crippen molar-refractivity contribution >= 4 is 11.9 Å². The first-order valence-corrected chi connectivity index (χ1v) is 7.98. The van der Waals surface area contributed by atoms with Crippen LogP contribution in [-0.2, 0) is 9.59 Å². The van der Waals surface area contributed by atoms with Gasteiger partial charge in [0.05, 0.1) is 0 Å². The van der Waals surface area contributed by atoms with Gasteiger partial charge in [0, 0.05) is 0 Å². The first-order chi connectivity index (χ1) is 9.51. The molecule has 1 fully saturated rings. The van der Waals surface area contributed by atoms with Crippen molar-refractivity contribution in [2.45, 2.75) is 71.6 Å². The third kappa shape index (κ3) is 3.15. The summed E-state index contributed by atoms with van der Waals surface area (Å²) in [4.78, 5) is 23.9. The Morgan fingerprint density at radius 2 is 1.45 bits per heavy atom. The Hall–Kier alpha value is -1.06. The smallest absolute Gasteiger partial charge is 0.321 e. The second-order valence-electron chi connectivity index (χ2n) is 6.09. The molecule has 0 atom stereocenters. The third-order valence-corrected chi connectivity index (χ3v) is 4.88. The van der Waals surface area contributed by atoms with E-state index in [9.17, 15) is 19.8 Å². The van der Waals surface area contributed by atoms with Gasteiger partial charge in [-0.1, -0.05) is 46.0 Å². The first kappa shape index (κ1) is 17.0. The number of carbonyl (C=O) groups is 2. The van der Waals surface area contributed by atoms with E-state index in [1.165, 1.54) is 0 Å². The van der Waals surface area contributed by atoms with E-state index < -0.39 is 17.4 Å². The molecule has 0 aliphatic heterocycles. The van der Waals surface area contributed by atoms with Crippen LogP contribution >= 0.6 is 0 Å². The molecule has 4 heteroatoms. The zero-order valence-corrected chi connectivity index (χ0v) is 12.7. The summed E-state index contributed by atoms with van der Waals surface area (Å²) in [5.74, 6) is -2.71. The summed E-state index contributed by atoms with van der Waals surface area (Å²) in [5, 5.41) is 19.6. The molecule has 4 nitrogen and oxygen atoms in total. The van der Waals surface area contributed by atoms with Gasteiger partial charge in [0.1, 0.15) is 0 Å². The van der Waals surface area contributed by atoms with E-state index in [-0.39, 0.29) is 11.8 Å². The highest BCUT2D eigenvalue weighted by Crippen LogP contribution is 2.47. The highest BCUT2D eigenvalue weighted by Gasteiger charge is 2.57. The minimum Gasteiger partial charge on any atom is -0.480 e. The molecule has 116 valence electrons. The molecule has 0 saturated heterocycles. The Bertz CT molecular complexity index is 311. The maximum atomic E-state index is 12.0. The normalized spacial score (nSPS) is 17.4. The number of rotatable bonds is 8. The predicted octanol–water partition coefficient (Wildman–Crippen LogP) is 3.94. The molecular formula is C16H28O4. The molecule has 0 unspecified atom stereocenters. The van der Waals surface area contributed by atoms with Crippen LogP contribution in [0.25, 0.3) is 0 Å². The molecule has 0 radical (unpaired) electrons. The molecule has 0 bridgehead atoms. The lowest BCUT2D eigenvalue weighted by molar-refractivity contribution is -0.177. The lowest BCUT2D eigenvalue weighted by Gasteiger charge is -2.41. The van der Waals surface area contributed by atoms with Gasteiger partial charge in [-0.05, 0) is 37.5 Å². The van der Waals surface area contributed by atoms with Crippen molar-refractivity contribution in [1.82, 2.24) is 0 Å². The van der Waals surface area contributed by atoms with Gasteiger partial charge >= 0.3 is 11.9 Å². The molecule has 0 heterocycles. The van der Waals surface area contributed by atoms with Gasteiger partial charge in [-0.15, -0.1) is 0 Å². The molecule has 1 aliphatic rings. The molecule has 0 spiro atoms. The van der Waals surface area contributed by atoms with Gasteiger partial charge in [0.15, 0.2) is 5.41 Å². The van der Waals surface area contributed by atoms with Gasteiger partial charge in [0.2, 0.25) is 0 Å². The number of hydrogen-bond acceptors (Lipinski definition) is 2. The zero-order valence-electron chi connectivity index (χ0n) is 12.7. The van der Waals surface area contributed by atoms with Crippen LogP contribution in [0.1, 0.15) is 71.6 Å². The fourth-order valence-corrected chi connectivity index (χ4v) is 3.98. The van der Waals surface area contributed by atoms with Crippen LogP contribution in [0.15, 0.2) is 0 Å². The van der Waals surface area contributed by atoms with Crippen LogP contribution in [0.4, 0.5) is 0 Å². The minimum absolute atomic E-state index is 0.214. The number of carboxylic acid groups (broad SMARTS) is 2. The van der Waals surface area contributed by atoms with Gasteiger partial charge in [-0.25, -0.2) is 0 Å². The standard InChI is InChI=1S/C16H28O4/c1-3-8-12(9-4-2)16(14(17)18,15(19)20)13-10-6-5-7-11-13/h12-13H,3-11H2,1-2H3,(H,17,18)(H,19,20). The molecule has 1 rings (SSSR count). The van der Waals surface area contributed by atoms with Crippen molar-refractivity contribution in [1.29, 1.82) is 0 Å². The molecule has 1 aliphatic carbocycles. The quantitative estimate of drug-likeness (QED) is 0.662. The lowest BCUT2D eigenvalue weighted by Crippen LogP contribution is -2.52. The summed E-state index contributed by atoms with van der Waals surface area (Å²) in [6.45, 7) is 4.00. The van der Waals surface area contributed by atoms with E-state index >= 15 is 0 Å². The fourth-order valence-electron chi connectivity index (χ4n) is 3.98. The maximum absolute atomic E-state index is 12.0. The SMILES string of the molecule is CCCC(CCC)C(C(=O)O)(C(=O)O)C1CCCCC1. The summed E-state index contributed by atoms with van der Waals surface area (Å²) in [5.41, 5.74) is -1.58. The Morgan fingerprint density at radius 3 is 1.80 bits per heavy atom. The number of aliphatic carboxylic acids is 2. The highest BCUT2D eigenvalue weighted by atomic mass is 16.4. The van der Waals surface area contributed by atoms with Crippen LogP contribution in [0.2, 0.25) is 0 Å². The Morgan fingerprint density at radius 1 is 1.00 bits per heavy atom. The summed E-state index contributed by atoms with van der Waals surface area (Å²) >= 11 is 0. The summed E-state index contributed by atoms with van der Waals surface area (Å²) < 4.78 is 0. The Balaban J connectivity index is 3.20. The minimum atomic E-state index is -1.58. The average Bonchev–Trinajstić information content (AvgIpc) is 2.40. The second kappa shape index (κ2) is 7.65. The average molecular weight is 284 g/mol. The highest BCUT2D eigenvalue weighted by molar-refractivity contribution is 5.99. The van der Waals surface area contributed by atoms with Crippen molar-refractivity contribution in [3.8, 4) is 0 Å². The van der Waals surface area contributed by atoms with Crippen LogP contribution in [0.3, 0.4) is 0 Å². The van der Waals surface area contributed by atoms with E-state index in [4.69, 9.17) is 0 Å². The Kier molecular flexibility index (Phi) is 6.50. The molecule has 2 N–H and O–H groups in total. The Labute approximate surface area is 121 Å². The van der Waals surface area contributed by atoms with Crippen molar-refractivity contribution in [3.63, 3.8) is 0 Å². The van der Waals surface area contributed by atoms with E-state index in [0.717, 1.165) is 44.9 Å². The summed E-state index contributed by atoms with van der Waals surface area (Å²) in [6, 6.07) is 0. The van der Waals surface area contributed by atoms with Crippen molar-refractivity contribution in [3.05, 3.63) is 0 Å². The topological polar surface area (TPSA) is 74.6 Å². The third-order valence-electron chi connectivity index (χ3n) is 4.88. The number of carboxylic acids is 2. The van der Waals surface area contributed by atoms with E-state index in [0.29, 0.717) is 12.8 Å². The molecule has 0 amide bonds. The molecule has 1 saturated carbocycles. The molecule has 0 aromatic rings. The summed E-state index contributed by atoms with van der Waals surface area (Å²) in [6.07, 6.45) is 7.52. The van der Waals surface area contributed by atoms with Gasteiger partial charge < -0.3 is 10.2 Å². The van der Waals surface area contributed by atoms with Gasteiger partial charge in [-0.3, -0.25) is 9.59 Å². The molecule has 0 aromatic heterocycles. The summed E-state index contributed by atoms with van der Waals surface area (Å²) in [7, 11) is 0. The predicted molar refractivity (Wildman–Crippen MR) is 77.6 cm³/mol. The molecule has 20 heavy (non-hydrogen) atoms. The van der Waals surface area contributed by atoms with Crippen molar-refractivity contribution in [2.75, 3.05) is 0 Å². The lowest BCUT2D eigenvalue weighted by atomic mass is 9.60. The molecule has 0 aromatic carbocycles. The van der Waals surface area contributed by atoms with Crippen LogP contribution < -0.4 is 0 Å². The number of hydrogen-bond donors (Lipinski definition) is 2. The monoisotopic (exact) mass is 284 g/mol. The fraction of sp³-hybridized carbons (Fsp3) is 0.875. The van der Waals surface area contributed by atoms with Crippen molar-refractivity contribution < 1.29 is 19.8 Å². The van der Waals surface area contributed by atoms with E-state index in [2.05, 4.69) is 0 Å². The van der Waals surface area contributed by atoms with Crippen LogP contribution in [0, 0.1) is 17.3 Å². The van der Waals surface area contributed by atoms with E-state index in [1.807, 2.05) is 13.8 Å². The van der Waals surface area contributed by atoms with Crippen molar-refractivity contribution in [2.24, 2.45) is 17.3 Å². The van der Waals surface area contributed by atoms with Crippen LogP contribution in [0.5, 0.6) is 0 Å². The molecular weight excluding hydrogens is 256 g/mol. The van der Waals surface area contributed by atoms with Gasteiger partial charge in [-0.2, -0.15) is 0 Å². The van der Waals surface area contributed by atoms with E-state index in [1.54, 1.807) is 0 Å². The largest absolute Gasteiger partial charge is 0.480 e. The maximum Gasteiger partial charge on any atom is 0.321 e. The van der Waals surface area contributed by atoms with Gasteiger partial charge in [0.25, 0.3) is 0 Å². The van der Waals surface area contributed by atoms with Crippen LogP contribution in [-0.4, -0.2) is 22.2 Å². The first-order valence-electron chi connectivity index (χ1n) is 7.98. The zero-order chi connectivity index (χ0) is 15.2. The second-order valence-corrected chi connectivity index (χ2v) is 6.09.